The lowest BCUT2D eigenvalue weighted by Gasteiger charge is -2.18. The van der Waals surface area contributed by atoms with Crippen molar-refractivity contribution in [3.8, 4) is 0 Å². The minimum absolute atomic E-state index is 0.819. The van der Waals surface area contributed by atoms with Crippen LogP contribution in [0.15, 0.2) is 18.2 Å². The third-order valence-corrected chi connectivity index (χ3v) is 2.54. The van der Waals surface area contributed by atoms with Crippen molar-refractivity contribution in [2.75, 3.05) is 18.0 Å². The van der Waals surface area contributed by atoms with Crippen LogP contribution in [0.1, 0.15) is 12.8 Å². The molecule has 2 heteroatoms. The Morgan fingerprint density at radius 2 is 2.08 bits per heavy atom. The highest BCUT2D eigenvalue weighted by Gasteiger charge is 2.13. The Kier molecular flexibility index (Phi) is 2.22. The minimum atomic E-state index is 0.819. The Morgan fingerprint density at radius 3 is 2.75 bits per heavy atom. The fraction of sp³-hybridized carbons (Fsp3) is 0.400. The van der Waals surface area contributed by atoms with Gasteiger partial charge < -0.3 is 4.90 Å². The van der Waals surface area contributed by atoms with Gasteiger partial charge in [0.25, 0.3) is 0 Å². The lowest BCUT2D eigenvalue weighted by Crippen LogP contribution is -2.17. The Bertz CT molecular complexity index is 266. The molecule has 12 heavy (non-hydrogen) atoms. The summed E-state index contributed by atoms with van der Waals surface area (Å²) in [7, 11) is 0. The molecular weight excluding hydrogens is 170 g/mol. The largest absolute Gasteiger partial charge is 0.370 e. The summed E-state index contributed by atoms with van der Waals surface area (Å²) < 4.78 is 0. The van der Waals surface area contributed by atoms with E-state index in [0.29, 0.717) is 0 Å². The van der Waals surface area contributed by atoms with E-state index in [1.165, 1.54) is 12.8 Å². The molecule has 0 aromatic heterocycles. The maximum atomic E-state index is 6.03. The predicted molar refractivity (Wildman–Crippen MR) is 51.7 cm³/mol. The summed E-state index contributed by atoms with van der Waals surface area (Å²) in [5.74, 6) is 0. The van der Waals surface area contributed by atoms with Crippen LogP contribution >= 0.6 is 11.6 Å². The molecule has 1 aliphatic heterocycles. The van der Waals surface area contributed by atoms with Crippen LogP contribution in [0.25, 0.3) is 0 Å². The zero-order chi connectivity index (χ0) is 8.39. The third-order valence-electron chi connectivity index (χ3n) is 2.24. The van der Waals surface area contributed by atoms with Gasteiger partial charge >= 0.3 is 0 Å². The quantitative estimate of drug-likeness (QED) is 0.643. The molecule has 0 bridgehead atoms. The van der Waals surface area contributed by atoms with Crippen molar-refractivity contribution in [2.24, 2.45) is 0 Å². The molecule has 1 saturated heterocycles. The molecule has 0 spiro atoms. The van der Waals surface area contributed by atoms with Crippen LogP contribution in [-0.2, 0) is 0 Å². The van der Waals surface area contributed by atoms with E-state index < -0.39 is 0 Å². The monoisotopic (exact) mass is 180 g/mol. The third kappa shape index (κ3) is 1.42. The molecule has 1 fully saturated rings. The number of rotatable bonds is 1. The molecule has 63 valence electrons. The van der Waals surface area contributed by atoms with E-state index in [4.69, 9.17) is 11.6 Å². The summed E-state index contributed by atoms with van der Waals surface area (Å²) >= 11 is 6.03. The normalized spacial score (nSPS) is 16.9. The number of nitrogens with zero attached hydrogens (tertiary/aromatic N) is 1. The molecule has 0 atom stereocenters. The van der Waals surface area contributed by atoms with Crippen LogP contribution in [-0.4, -0.2) is 13.1 Å². The fourth-order valence-electron chi connectivity index (χ4n) is 1.62. The molecule has 0 unspecified atom stereocenters. The summed E-state index contributed by atoms with van der Waals surface area (Å²) in [6, 6.07) is 8.75. The Balaban J connectivity index is 2.26. The minimum Gasteiger partial charge on any atom is -0.370 e. The summed E-state index contributed by atoms with van der Waals surface area (Å²) in [6.45, 7) is 2.29. The van der Waals surface area contributed by atoms with Crippen molar-refractivity contribution in [2.45, 2.75) is 12.8 Å². The first-order chi connectivity index (χ1) is 5.88. The number of hydrogen-bond donors (Lipinski definition) is 0. The molecule has 0 amide bonds. The molecule has 0 N–H and O–H groups in total. The van der Waals surface area contributed by atoms with Crippen molar-refractivity contribution in [1.29, 1.82) is 0 Å². The predicted octanol–water partition coefficient (Wildman–Crippen LogP) is 2.74. The van der Waals surface area contributed by atoms with Gasteiger partial charge in [-0.25, -0.2) is 0 Å². The van der Waals surface area contributed by atoms with Crippen molar-refractivity contribution in [3.63, 3.8) is 0 Å². The van der Waals surface area contributed by atoms with Crippen LogP contribution in [0.3, 0.4) is 0 Å². The maximum Gasteiger partial charge on any atom is 0.0645 e. The van der Waals surface area contributed by atoms with Crippen LogP contribution in [0.2, 0.25) is 5.02 Å². The number of benzene rings is 1. The topological polar surface area (TPSA) is 3.24 Å². The van der Waals surface area contributed by atoms with E-state index >= 15 is 0 Å². The Morgan fingerprint density at radius 1 is 1.33 bits per heavy atom. The van der Waals surface area contributed by atoms with E-state index in [0.717, 1.165) is 23.8 Å². The summed E-state index contributed by atoms with van der Waals surface area (Å²) in [5, 5.41) is 0.819. The molecule has 0 aliphatic carbocycles. The second-order valence-corrected chi connectivity index (χ2v) is 3.48. The van der Waals surface area contributed by atoms with Gasteiger partial charge in [-0.2, -0.15) is 0 Å². The average Bonchev–Trinajstić information content (AvgIpc) is 2.57. The molecule has 1 nitrogen and oxygen atoms in total. The van der Waals surface area contributed by atoms with Crippen molar-refractivity contribution in [1.82, 2.24) is 0 Å². The van der Waals surface area contributed by atoms with Crippen LogP contribution in [0, 0.1) is 6.07 Å². The lowest BCUT2D eigenvalue weighted by molar-refractivity contribution is 0.949. The smallest absolute Gasteiger partial charge is 0.0645 e. The van der Waals surface area contributed by atoms with Gasteiger partial charge in [0.2, 0.25) is 0 Å². The molecule has 1 radical (unpaired) electrons. The van der Waals surface area contributed by atoms with E-state index in [1.807, 2.05) is 18.2 Å². The highest BCUT2D eigenvalue weighted by molar-refractivity contribution is 6.33. The van der Waals surface area contributed by atoms with Crippen molar-refractivity contribution < 1.29 is 0 Å². The average molecular weight is 181 g/mol. The first-order valence-electron chi connectivity index (χ1n) is 4.28. The number of hydrogen-bond acceptors (Lipinski definition) is 1. The Hall–Kier alpha value is -0.690. The second-order valence-electron chi connectivity index (χ2n) is 3.07. The van der Waals surface area contributed by atoms with Gasteiger partial charge in [-0.15, -0.1) is 0 Å². The van der Waals surface area contributed by atoms with Crippen molar-refractivity contribution >= 4 is 17.3 Å². The van der Waals surface area contributed by atoms with Gasteiger partial charge in [-0.05, 0) is 31.0 Å². The molecule has 1 aliphatic rings. The van der Waals surface area contributed by atoms with Gasteiger partial charge in [0.1, 0.15) is 0 Å². The number of halogens is 1. The van der Waals surface area contributed by atoms with Gasteiger partial charge in [0.15, 0.2) is 0 Å². The molecule has 1 aromatic carbocycles. The molecular formula is C10H11ClN. The van der Waals surface area contributed by atoms with Crippen LogP contribution < -0.4 is 4.90 Å². The van der Waals surface area contributed by atoms with E-state index in [1.54, 1.807) is 0 Å². The second kappa shape index (κ2) is 3.36. The number of anilines is 1. The Labute approximate surface area is 77.9 Å². The standard InChI is InChI=1S/C10H11ClN/c11-9-5-1-2-6-10(9)12-7-3-4-8-12/h2,5-6H,3-4,7-8H2. The van der Waals surface area contributed by atoms with Gasteiger partial charge in [-0.1, -0.05) is 17.7 Å². The molecule has 1 heterocycles. The zero-order valence-corrected chi connectivity index (χ0v) is 7.64. The van der Waals surface area contributed by atoms with E-state index in [2.05, 4.69) is 11.0 Å². The fourth-order valence-corrected chi connectivity index (χ4v) is 1.86. The lowest BCUT2D eigenvalue weighted by atomic mass is 10.3. The first kappa shape index (κ1) is 7.93. The van der Waals surface area contributed by atoms with Crippen LogP contribution in [0.5, 0.6) is 0 Å². The van der Waals surface area contributed by atoms with Gasteiger partial charge in [-0.3, -0.25) is 0 Å². The SMILES string of the molecule is Clc1c[c]ccc1N1CCCC1. The highest BCUT2D eigenvalue weighted by atomic mass is 35.5. The summed E-state index contributed by atoms with van der Waals surface area (Å²) in [4.78, 5) is 2.33. The zero-order valence-electron chi connectivity index (χ0n) is 6.89. The highest BCUT2D eigenvalue weighted by Crippen LogP contribution is 2.27. The van der Waals surface area contributed by atoms with Gasteiger partial charge in [0, 0.05) is 13.1 Å². The van der Waals surface area contributed by atoms with Crippen molar-refractivity contribution in [3.05, 3.63) is 29.3 Å². The molecule has 2 rings (SSSR count). The van der Waals surface area contributed by atoms with Gasteiger partial charge in [0.05, 0.1) is 10.7 Å². The molecule has 1 aromatic rings. The van der Waals surface area contributed by atoms with E-state index in [9.17, 15) is 0 Å². The maximum absolute atomic E-state index is 6.03. The molecule has 0 saturated carbocycles. The van der Waals surface area contributed by atoms with E-state index in [-0.39, 0.29) is 0 Å². The van der Waals surface area contributed by atoms with Crippen LogP contribution in [0.4, 0.5) is 5.69 Å². The first-order valence-corrected chi connectivity index (χ1v) is 4.66. The summed E-state index contributed by atoms with van der Waals surface area (Å²) in [5.41, 5.74) is 1.16. The summed E-state index contributed by atoms with van der Waals surface area (Å²) in [6.07, 6.45) is 2.57.